The van der Waals surface area contributed by atoms with Crippen molar-refractivity contribution in [3.05, 3.63) is 83.4 Å². The standard InChI is InChI=1S/C26H28N2/c1-18-14-19(2)16-22(15-18)26-23(10-6-7-13-27)24-17-21(11-12-25(24)28-26)20-8-4-3-5-9-20/h3-5,8-9,11-12,14-17,28H,6-7,10,13,27H2,1-2H3. The highest BCUT2D eigenvalue weighted by Gasteiger charge is 2.14. The molecule has 2 nitrogen and oxygen atoms in total. The first-order valence-electron chi connectivity index (χ1n) is 10.1. The Morgan fingerprint density at radius 2 is 1.50 bits per heavy atom. The average molecular weight is 369 g/mol. The third kappa shape index (κ3) is 3.74. The third-order valence-corrected chi connectivity index (χ3v) is 5.40. The van der Waals surface area contributed by atoms with E-state index in [2.05, 4.69) is 85.6 Å². The van der Waals surface area contributed by atoms with Crippen molar-refractivity contribution < 1.29 is 0 Å². The maximum Gasteiger partial charge on any atom is 0.0497 e. The zero-order valence-corrected chi connectivity index (χ0v) is 16.8. The Bertz CT molecular complexity index is 1070. The van der Waals surface area contributed by atoms with E-state index in [4.69, 9.17) is 5.73 Å². The Labute approximate surface area is 167 Å². The molecule has 0 aliphatic rings. The highest BCUT2D eigenvalue weighted by atomic mass is 14.7. The number of aryl methyl sites for hydroxylation is 3. The van der Waals surface area contributed by atoms with Crippen LogP contribution in [0.2, 0.25) is 0 Å². The Balaban J connectivity index is 1.87. The molecule has 0 aliphatic carbocycles. The molecule has 0 amide bonds. The van der Waals surface area contributed by atoms with Gasteiger partial charge in [-0.3, -0.25) is 0 Å². The van der Waals surface area contributed by atoms with E-state index >= 15 is 0 Å². The van der Waals surface area contributed by atoms with Crippen LogP contribution in [0.4, 0.5) is 0 Å². The Morgan fingerprint density at radius 1 is 0.750 bits per heavy atom. The molecule has 0 saturated heterocycles. The number of aromatic amines is 1. The summed E-state index contributed by atoms with van der Waals surface area (Å²) in [6, 6.07) is 24.2. The predicted octanol–water partition coefficient (Wildman–Crippen LogP) is 6.40. The highest BCUT2D eigenvalue weighted by Crippen LogP contribution is 2.35. The molecule has 0 radical (unpaired) electrons. The van der Waals surface area contributed by atoms with E-state index < -0.39 is 0 Å². The minimum atomic E-state index is 0.747. The van der Waals surface area contributed by atoms with Gasteiger partial charge in [0, 0.05) is 16.6 Å². The maximum atomic E-state index is 5.76. The van der Waals surface area contributed by atoms with Crippen LogP contribution >= 0.6 is 0 Å². The number of nitrogens with one attached hydrogen (secondary N) is 1. The molecule has 4 aromatic rings. The fraction of sp³-hybridized carbons (Fsp3) is 0.231. The molecule has 0 aliphatic heterocycles. The van der Waals surface area contributed by atoms with Gasteiger partial charge in [-0.05, 0) is 86.2 Å². The largest absolute Gasteiger partial charge is 0.354 e. The normalized spacial score (nSPS) is 11.2. The summed E-state index contributed by atoms with van der Waals surface area (Å²) in [5.74, 6) is 0. The van der Waals surface area contributed by atoms with Crippen LogP contribution in [0, 0.1) is 13.8 Å². The third-order valence-electron chi connectivity index (χ3n) is 5.40. The van der Waals surface area contributed by atoms with Crippen LogP contribution < -0.4 is 5.73 Å². The van der Waals surface area contributed by atoms with Crippen molar-refractivity contribution >= 4 is 10.9 Å². The van der Waals surface area contributed by atoms with Crippen molar-refractivity contribution in [2.45, 2.75) is 33.1 Å². The summed E-state index contributed by atoms with van der Waals surface area (Å²) < 4.78 is 0. The van der Waals surface area contributed by atoms with Crippen LogP contribution in [-0.2, 0) is 6.42 Å². The number of aromatic nitrogens is 1. The lowest BCUT2D eigenvalue weighted by Gasteiger charge is -2.08. The van der Waals surface area contributed by atoms with Gasteiger partial charge in [-0.25, -0.2) is 0 Å². The van der Waals surface area contributed by atoms with E-state index in [1.54, 1.807) is 0 Å². The first-order chi connectivity index (χ1) is 13.7. The van der Waals surface area contributed by atoms with Crippen LogP contribution in [0.1, 0.15) is 29.5 Å². The van der Waals surface area contributed by atoms with Crippen LogP contribution in [-0.4, -0.2) is 11.5 Å². The van der Waals surface area contributed by atoms with Crippen molar-refractivity contribution in [1.29, 1.82) is 0 Å². The van der Waals surface area contributed by atoms with Crippen LogP contribution in [0.3, 0.4) is 0 Å². The van der Waals surface area contributed by atoms with Gasteiger partial charge in [0.1, 0.15) is 0 Å². The molecule has 4 rings (SSSR count). The monoisotopic (exact) mass is 368 g/mol. The number of rotatable bonds is 6. The summed E-state index contributed by atoms with van der Waals surface area (Å²) in [7, 11) is 0. The fourth-order valence-corrected chi connectivity index (χ4v) is 4.13. The number of H-pyrrole nitrogens is 1. The molecule has 0 bridgehead atoms. The smallest absolute Gasteiger partial charge is 0.0497 e. The molecule has 2 heteroatoms. The molecule has 1 aromatic heterocycles. The van der Waals surface area contributed by atoms with Gasteiger partial charge in [0.15, 0.2) is 0 Å². The Morgan fingerprint density at radius 3 is 2.21 bits per heavy atom. The molecule has 3 N–H and O–H groups in total. The van der Waals surface area contributed by atoms with Crippen molar-refractivity contribution in [3.8, 4) is 22.4 Å². The summed E-state index contributed by atoms with van der Waals surface area (Å²) >= 11 is 0. The van der Waals surface area contributed by atoms with Gasteiger partial charge in [-0.15, -0.1) is 0 Å². The minimum absolute atomic E-state index is 0.747. The quantitative estimate of drug-likeness (QED) is 0.380. The zero-order chi connectivity index (χ0) is 19.5. The summed E-state index contributed by atoms with van der Waals surface area (Å²) in [5, 5.41) is 1.33. The van der Waals surface area contributed by atoms with Crippen LogP contribution in [0.15, 0.2) is 66.7 Å². The summed E-state index contributed by atoms with van der Waals surface area (Å²) in [5.41, 5.74) is 16.0. The van der Waals surface area contributed by atoms with Crippen molar-refractivity contribution in [1.82, 2.24) is 4.98 Å². The van der Waals surface area contributed by atoms with Gasteiger partial charge in [-0.1, -0.05) is 53.6 Å². The first-order valence-corrected chi connectivity index (χ1v) is 10.1. The molecule has 1 heterocycles. The topological polar surface area (TPSA) is 41.8 Å². The average Bonchev–Trinajstić information content (AvgIpc) is 3.06. The van der Waals surface area contributed by atoms with Crippen LogP contribution in [0.5, 0.6) is 0 Å². The second kappa shape index (κ2) is 8.04. The van der Waals surface area contributed by atoms with Crippen molar-refractivity contribution in [2.24, 2.45) is 5.73 Å². The summed E-state index contributed by atoms with van der Waals surface area (Å²) in [4.78, 5) is 3.71. The molecule has 3 aromatic carbocycles. The van der Waals surface area contributed by atoms with E-state index in [-0.39, 0.29) is 0 Å². The minimum Gasteiger partial charge on any atom is -0.354 e. The van der Waals surface area contributed by atoms with Gasteiger partial charge < -0.3 is 10.7 Å². The lowest BCUT2D eigenvalue weighted by molar-refractivity contribution is 0.748. The summed E-state index contributed by atoms with van der Waals surface area (Å²) in [6.45, 7) is 5.08. The molecule has 0 spiro atoms. The van der Waals surface area contributed by atoms with E-state index in [0.29, 0.717) is 0 Å². The number of hydrogen-bond acceptors (Lipinski definition) is 1. The maximum absolute atomic E-state index is 5.76. The van der Waals surface area contributed by atoms with Gasteiger partial charge in [0.25, 0.3) is 0 Å². The van der Waals surface area contributed by atoms with Crippen molar-refractivity contribution in [3.63, 3.8) is 0 Å². The first kappa shape index (κ1) is 18.5. The molecule has 142 valence electrons. The Hall–Kier alpha value is -2.84. The van der Waals surface area contributed by atoms with E-state index in [1.165, 1.54) is 50.0 Å². The number of hydrogen-bond donors (Lipinski definition) is 2. The lowest BCUT2D eigenvalue weighted by atomic mass is 9.96. The van der Waals surface area contributed by atoms with Crippen LogP contribution in [0.25, 0.3) is 33.3 Å². The molecule has 0 unspecified atom stereocenters. The molecular weight excluding hydrogens is 340 g/mol. The summed E-state index contributed by atoms with van der Waals surface area (Å²) in [6.07, 6.45) is 3.20. The molecular formula is C26H28N2. The lowest BCUT2D eigenvalue weighted by Crippen LogP contribution is -1.99. The second-order valence-corrected chi connectivity index (χ2v) is 7.73. The van der Waals surface area contributed by atoms with Gasteiger partial charge in [0.05, 0.1) is 0 Å². The second-order valence-electron chi connectivity index (χ2n) is 7.73. The van der Waals surface area contributed by atoms with E-state index in [0.717, 1.165) is 25.8 Å². The number of benzene rings is 3. The SMILES string of the molecule is Cc1cc(C)cc(-c2[nH]c3ccc(-c4ccccc4)cc3c2CCCCN)c1. The van der Waals surface area contributed by atoms with Gasteiger partial charge in [0.2, 0.25) is 0 Å². The Kier molecular flexibility index (Phi) is 5.31. The highest BCUT2D eigenvalue weighted by molar-refractivity contribution is 5.94. The predicted molar refractivity (Wildman–Crippen MR) is 121 cm³/mol. The van der Waals surface area contributed by atoms with Crippen molar-refractivity contribution in [2.75, 3.05) is 6.54 Å². The number of fused-ring (bicyclic) bond motifs is 1. The number of unbranched alkanes of at least 4 members (excludes halogenated alkanes) is 1. The van der Waals surface area contributed by atoms with Gasteiger partial charge in [-0.2, -0.15) is 0 Å². The molecule has 0 fully saturated rings. The van der Waals surface area contributed by atoms with Gasteiger partial charge >= 0.3 is 0 Å². The zero-order valence-electron chi connectivity index (χ0n) is 16.8. The molecule has 28 heavy (non-hydrogen) atoms. The van der Waals surface area contributed by atoms with E-state index in [1.807, 2.05) is 0 Å². The molecule has 0 atom stereocenters. The fourth-order valence-electron chi connectivity index (χ4n) is 4.13. The molecule has 0 saturated carbocycles. The number of nitrogens with two attached hydrogens (primary N) is 1. The van der Waals surface area contributed by atoms with E-state index in [9.17, 15) is 0 Å².